The maximum Gasteiger partial charge on any atom is 0.108 e. The van der Waals surface area contributed by atoms with Crippen molar-refractivity contribution < 1.29 is 5.11 Å². The molecule has 0 amide bonds. The highest BCUT2D eigenvalue weighted by Gasteiger charge is 2.06. The zero-order valence-corrected chi connectivity index (χ0v) is 11.4. The van der Waals surface area contributed by atoms with Crippen LogP contribution in [0.1, 0.15) is 19.2 Å². The standard InChI is InChI=1S/C14H22N4O/c1-2-18(7-3-9-19)8-6-14-16-12-5-4-11(15)10-13(12)17-14/h4-5,10,19H,2-3,6-9,15H2,1H3,(H,16,17). The number of aromatic nitrogens is 2. The molecular weight excluding hydrogens is 240 g/mol. The van der Waals surface area contributed by atoms with Gasteiger partial charge in [-0.15, -0.1) is 0 Å². The van der Waals surface area contributed by atoms with Crippen LogP contribution in [0.3, 0.4) is 0 Å². The van der Waals surface area contributed by atoms with Crippen LogP contribution in [-0.2, 0) is 6.42 Å². The maximum absolute atomic E-state index is 8.86. The van der Waals surface area contributed by atoms with Crippen molar-refractivity contribution in [2.24, 2.45) is 0 Å². The van der Waals surface area contributed by atoms with Crippen molar-refractivity contribution in [3.05, 3.63) is 24.0 Å². The molecule has 104 valence electrons. The molecule has 0 unspecified atom stereocenters. The van der Waals surface area contributed by atoms with Crippen LogP contribution in [0.15, 0.2) is 18.2 Å². The van der Waals surface area contributed by atoms with E-state index in [9.17, 15) is 0 Å². The predicted molar refractivity (Wildman–Crippen MR) is 78.0 cm³/mol. The molecule has 0 aliphatic heterocycles. The van der Waals surface area contributed by atoms with Gasteiger partial charge in [0.05, 0.1) is 11.0 Å². The van der Waals surface area contributed by atoms with Crippen LogP contribution in [0.25, 0.3) is 11.0 Å². The van der Waals surface area contributed by atoms with Crippen molar-refractivity contribution in [3.8, 4) is 0 Å². The van der Waals surface area contributed by atoms with Crippen LogP contribution in [0, 0.1) is 0 Å². The van der Waals surface area contributed by atoms with Crippen molar-refractivity contribution in [3.63, 3.8) is 0 Å². The summed E-state index contributed by atoms with van der Waals surface area (Å²) in [5.74, 6) is 0.989. The first-order valence-electron chi connectivity index (χ1n) is 6.80. The van der Waals surface area contributed by atoms with Crippen LogP contribution < -0.4 is 5.73 Å². The van der Waals surface area contributed by atoms with Gasteiger partial charge < -0.3 is 20.7 Å². The van der Waals surface area contributed by atoms with E-state index in [0.29, 0.717) is 0 Å². The first kappa shape index (κ1) is 13.8. The molecule has 5 heteroatoms. The molecule has 1 aromatic heterocycles. The molecule has 5 nitrogen and oxygen atoms in total. The number of hydrogen-bond donors (Lipinski definition) is 3. The Hall–Kier alpha value is -1.59. The minimum Gasteiger partial charge on any atom is -0.399 e. The lowest BCUT2D eigenvalue weighted by Crippen LogP contribution is -2.27. The van der Waals surface area contributed by atoms with Gasteiger partial charge in [0.1, 0.15) is 5.82 Å². The molecule has 2 aromatic rings. The molecule has 0 spiro atoms. The summed E-state index contributed by atoms with van der Waals surface area (Å²) in [7, 11) is 0. The van der Waals surface area contributed by atoms with E-state index in [-0.39, 0.29) is 6.61 Å². The fraction of sp³-hybridized carbons (Fsp3) is 0.500. The third-order valence-corrected chi connectivity index (χ3v) is 3.30. The molecule has 0 radical (unpaired) electrons. The Morgan fingerprint density at radius 2 is 2.21 bits per heavy atom. The van der Waals surface area contributed by atoms with Gasteiger partial charge in [-0.05, 0) is 31.2 Å². The van der Waals surface area contributed by atoms with Gasteiger partial charge in [-0.2, -0.15) is 0 Å². The highest BCUT2D eigenvalue weighted by atomic mass is 16.3. The Kier molecular flexibility index (Phi) is 4.76. The fourth-order valence-corrected chi connectivity index (χ4v) is 2.18. The van der Waals surface area contributed by atoms with E-state index >= 15 is 0 Å². The van der Waals surface area contributed by atoms with Gasteiger partial charge in [-0.3, -0.25) is 0 Å². The Morgan fingerprint density at radius 1 is 1.37 bits per heavy atom. The third kappa shape index (κ3) is 3.68. The molecular formula is C14H22N4O. The first-order valence-corrected chi connectivity index (χ1v) is 6.80. The second-order valence-corrected chi connectivity index (χ2v) is 4.72. The lowest BCUT2D eigenvalue weighted by atomic mass is 10.3. The van der Waals surface area contributed by atoms with Crippen molar-refractivity contribution in [2.75, 3.05) is 32.0 Å². The number of H-pyrrole nitrogens is 1. The number of fused-ring (bicyclic) bond motifs is 1. The largest absolute Gasteiger partial charge is 0.399 e. The van der Waals surface area contributed by atoms with E-state index in [2.05, 4.69) is 21.8 Å². The number of imidazole rings is 1. The van der Waals surface area contributed by atoms with Gasteiger partial charge in [-0.1, -0.05) is 6.92 Å². The average molecular weight is 262 g/mol. The SMILES string of the molecule is CCN(CCCO)CCc1nc2ccc(N)cc2[nH]1. The van der Waals surface area contributed by atoms with Crippen molar-refractivity contribution in [1.82, 2.24) is 14.9 Å². The molecule has 2 rings (SSSR count). The average Bonchev–Trinajstić information content (AvgIpc) is 2.81. The highest BCUT2D eigenvalue weighted by molar-refractivity contribution is 5.78. The number of anilines is 1. The summed E-state index contributed by atoms with van der Waals surface area (Å²) in [6.45, 7) is 5.26. The van der Waals surface area contributed by atoms with Gasteiger partial charge in [0.2, 0.25) is 0 Å². The van der Waals surface area contributed by atoms with Crippen LogP contribution in [-0.4, -0.2) is 46.2 Å². The van der Waals surface area contributed by atoms with E-state index in [1.807, 2.05) is 18.2 Å². The van der Waals surface area contributed by atoms with E-state index in [4.69, 9.17) is 10.8 Å². The van der Waals surface area contributed by atoms with Gasteiger partial charge in [0.25, 0.3) is 0 Å². The number of nitrogens with zero attached hydrogens (tertiary/aromatic N) is 2. The number of nitrogens with two attached hydrogens (primary N) is 1. The quantitative estimate of drug-likeness (QED) is 0.659. The molecule has 1 aromatic carbocycles. The minimum absolute atomic E-state index is 0.250. The Bertz CT molecular complexity index is 523. The Balaban J connectivity index is 1.97. The van der Waals surface area contributed by atoms with Crippen LogP contribution in [0.5, 0.6) is 0 Å². The molecule has 1 heterocycles. The summed E-state index contributed by atoms with van der Waals surface area (Å²) in [6, 6.07) is 5.72. The van der Waals surface area contributed by atoms with E-state index in [1.165, 1.54) is 0 Å². The molecule has 4 N–H and O–H groups in total. The number of rotatable bonds is 7. The molecule has 0 saturated heterocycles. The van der Waals surface area contributed by atoms with Gasteiger partial charge in [0, 0.05) is 31.8 Å². The molecule has 0 aliphatic carbocycles. The van der Waals surface area contributed by atoms with Gasteiger partial charge in [-0.25, -0.2) is 4.98 Å². The minimum atomic E-state index is 0.250. The number of aliphatic hydroxyl groups is 1. The molecule has 0 bridgehead atoms. The maximum atomic E-state index is 8.86. The topological polar surface area (TPSA) is 78.2 Å². The monoisotopic (exact) mass is 262 g/mol. The van der Waals surface area contributed by atoms with E-state index < -0.39 is 0 Å². The lowest BCUT2D eigenvalue weighted by molar-refractivity contribution is 0.231. The van der Waals surface area contributed by atoms with Crippen molar-refractivity contribution in [2.45, 2.75) is 19.8 Å². The number of hydrogen-bond acceptors (Lipinski definition) is 4. The van der Waals surface area contributed by atoms with Crippen molar-refractivity contribution >= 4 is 16.7 Å². The Morgan fingerprint density at radius 3 is 2.95 bits per heavy atom. The highest BCUT2D eigenvalue weighted by Crippen LogP contribution is 2.15. The second-order valence-electron chi connectivity index (χ2n) is 4.72. The Labute approximate surface area is 113 Å². The number of nitrogens with one attached hydrogen (secondary N) is 1. The molecule has 0 atom stereocenters. The normalized spacial score (nSPS) is 11.5. The number of aliphatic hydroxyl groups excluding tert-OH is 1. The predicted octanol–water partition coefficient (Wildman–Crippen LogP) is 1.39. The third-order valence-electron chi connectivity index (χ3n) is 3.30. The fourth-order valence-electron chi connectivity index (χ4n) is 2.18. The summed E-state index contributed by atoms with van der Waals surface area (Å²) in [6.07, 6.45) is 1.71. The summed E-state index contributed by atoms with van der Waals surface area (Å²) in [5.41, 5.74) is 8.46. The van der Waals surface area contributed by atoms with Crippen molar-refractivity contribution in [1.29, 1.82) is 0 Å². The number of benzene rings is 1. The summed E-state index contributed by atoms with van der Waals surface area (Å²) >= 11 is 0. The molecule has 0 aliphatic rings. The number of nitrogen functional groups attached to an aromatic ring is 1. The molecule has 19 heavy (non-hydrogen) atoms. The summed E-state index contributed by atoms with van der Waals surface area (Å²) < 4.78 is 0. The number of aromatic amines is 1. The van der Waals surface area contributed by atoms with E-state index in [0.717, 1.165) is 55.0 Å². The van der Waals surface area contributed by atoms with E-state index in [1.54, 1.807) is 0 Å². The molecule has 0 saturated carbocycles. The van der Waals surface area contributed by atoms with Crippen LogP contribution >= 0.6 is 0 Å². The van der Waals surface area contributed by atoms with Gasteiger partial charge in [0.15, 0.2) is 0 Å². The molecule has 0 fully saturated rings. The zero-order chi connectivity index (χ0) is 13.7. The lowest BCUT2D eigenvalue weighted by Gasteiger charge is -2.18. The second kappa shape index (κ2) is 6.54. The summed E-state index contributed by atoms with van der Waals surface area (Å²) in [5, 5.41) is 8.86. The zero-order valence-electron chi connectivity index (χ0n) is 11.4. The van der Waals surface area contributed by atoms with Gasteiger partial charge >= 0.3 is 0 Å². The first-order chi connectivity index (χ1) is 9.22. The summed E-state index contributed by atoms with van der Waals surface area (Å²) in [4.78, 5) is 10.2. The van der Waals surface area contributed by atoms with Crippen LogP contribution in [0.4, 0.5) is 5.69 Å². The number of likely N-dealkylation sites (N-methyl/N-ethyl adjacent to an activating group) is 1. The van der Waals surface area contributed by atoms with Crippen LogP contribution in [0.2, 0.25) is 0 Å². The smallest absolute Gasteiger partial charge is 0.108 e.